The van der Waals surface area contributed by atoms with E-state index >= 15 is 0 Å². The Bertz CT molecular complexity index is 1340. The molecule has 2 atom stereocenters. The number of fused-ring (bicyclic) bond motifs is 4. The van der Waals surface area contributed by atoms with Gasteiger partial charge >= 0.3 is 0 Å². The molecular weight excluding hydrogens is 478 g/mol. The lowest BCUT2D eigenvalue weighted by molar-refractivity contribution is 0.0952. The summed E-state index contributed by atoms with van der Waals surface area (Å²) in [5, 5.41) is 6.95. The number of carbonyl (C=O) groups excluding carboxylic acids is 1. The summed E-state index contributed by atoms with van der Waals surface area (Å²) in [6, 6.07) is 11.5. The summed E-state index contributed by atoms with van der Waals surface area (Å²) in [6.45, 7) is 5.90. The van der Waals surface area contributed by atoms with Crippen molar-refractivity contribution in [3.05, 3.63) is 69.3 Å². The van der Waals surface area contributed by atoms with E-state index < -0.39 is 5.91 Å². The Morgan fingerprint density at radius 2 is 2.14 bits per heavy atom. The van der Waals surface area contributed by atoms with Gasteiger partial charge in [-0.2, -0.15) is 13.8 Å². The van der Waals surface area contributed by atoms with Gasteiger partial charge in [0.05, 0.1) is 24.5 Å². The molecule has 1 fully saturated rings. The molecule has 2 aliphatic rings. The maximum absolute atomic E-state index is 12.3. The molecule has 4 heterocycles. The second-order valence-electron chi connectivity index (χ2n) is 9.10. The number of nitrogens with one attached hydrogen (secondary N) is 2. The summed E-state index contributed by atoms with van der Waals surface area (Å²) in [7, 11) is 1.69. The van der Waals surface area contributed by atoms with E-state index in [0.717, 1.165) is 66.9 Å². The fraction of sp³-hybridized carbons (Fsp3) is 0.400. The van der Waals surface area contributed by atoms with Crippen molar-refractivity contribution in [2.45, 2.75) is 32.4 Å². The predicted molar refractivity (Wildman–Crippen MR) is 139 cm³/mol. The molecule has 11 heteroatoms. The van der Waals surface area contributed by atoms with E-state index in [4.69, 9.17) is 4.74 Å². The van der Waals surface area contributed by atoms with Gasteiger partial charge in [0.2, 0.25) is 0 Å². The summed E-state index contributed by atoms with van der Waals surface area (Å²) in [5.74, 6) is 1.65. The van der Waals surface area contributed by atoms with Crippen LogP contribution in [0.15, 0.2) is 46.3 Å². The number of ether oxygens (including phenoxy) is 1. The highest BCUT2D eigenvalue weighted by molar-refractivity contribution is 6.99. The maximum Gasteiger partial charge on any atom is 0.294 e. The number of hydrogen-bond donors (Lipinski definition) is 2. The fourth-order valence-electron chi connectivity index (χ4n) is 5.19. The molecule has 2 unspecified atom stereocenters. The summed E-state index contributed by atoms with van der Waals surface area (Å²) >= 11 is 0.966. The van der Waals surface area contributed by atoms with Crippen molar-refractivity contribution < 1.29 is 9.53 Å². The Balaban J connectivity index is 1.30. The molecule has 2 aliphatic heterocycles. The summed E-state index contributed by atoms with van der Waals surface area (Å²) in [5.41, 5.74) is 5.89. The molecule has 188 valence electrons. The number of benzene rings is 1. The third-order valence-electron chi connectivity index (χ3n) is 6.65. The Morgan fingerprint density at radius 1 is 1.25 bits per heavy atom. The van der Waals surface area contributed by atoms with Crippen molar-refractivity contribution >= 4 is 29.7 Å². The van der Waals surface area contributed by atoms with Crippen molar-refractivity contribution in [1.29, 1.82) is 0 Å². The molecule has 2 aromatic heterocycles. The number of nitrogens with zero attached hydrogens (tertiary/aromatic N) is 5. The SMILES string of the molecule is CCOc1ccc(C=NNC(=O)c2nsnc2NC)cc1CN1CC2CC(C1)c1cccc(=O)n1C2. The lowest BCUT2D eigenvalue weighted by Gasteiger charge is -2.43. The number of anilines is 1. The Morgan fingerprint density at radius 3 is 2.97 bits per heavy atom. The van der Waals surface area contributed by atoms with E-state index in [1.165, 1.54) is 0 Å². The zero-order valence-electron chi connectivity index (χ0n) is 20.3. The van der Waals surface area contributed by atoms with Crippen LogP contribution in [0.1, 0.15) is 46.6 Å². The average Bonchev–Trinajstić information content (AvgIpc) is 3.35. The van der Waals surface area contributed by atoms with Gasteiger partial charge in [0.15, 0.2) is 11.5 Å². The smallest absolute Gasteiger partial charge is 0.294 e. The Labute approximate surface area is 213 Å². The molecular formula is C25H29N7O3S. The van der Waals surface area contributed by atoms with Crippen molar-refractivity contribution in [2.75, 3.05) is 32.1 Å². The minimum absolute atomic E-state index is 0.0987. The van der Waals surface area contributed by atoms with Crippen LogP contribution in [0.4, 0.5) is 5.82 Å². The molecule has 2 N–H and O–H groups in total. The lowest BCUT2D eigenvalue weighted by atomic mass is 9.83. The maximum atomic E-state index is 12.3. The number of pyridine rings is 1. The molecule has 0 spiro atoms. The van der Waals surface area contributed by atoms with Crippen LogP contribution in [-0.4, -0.2) is 57.1 Å². The molecule has 0 saturated carbocycles. The van der Waals surface area contributed by atoms with E-state index in [9.17, 15) is 9.59 Å². The van der Waals surface area contributed by atoms with Gasteiger partial charge in [-0.15, -0.1) is 0 Å². The minimum Gasteiger partial charge on any atom is -0.494 e. The first-order chi connectivity index (χ1) is 17.6. The summed E-state index contributed by atoms with van der Waals surface area (Å²) in [6.07, 6.45) is 2.73. The van der Waals surface area contributed by atoms with Crippen molar-refractivity contribution in [1.82, 2.24) is 23.6 Å². The second-order valence-corrected chi connectivity index (χ2v) is 9.63. The lowest BCUT2D eigenvalue weighted by Crippen LogP contribution is -2.46. The topological polar surface area (TPSA) is 114 Å². The molecule has 2 bridgehead atoms. The van der Waals surface area contributed by atoms with Gasteiger partial charge in [-0.05, 0) is 49.1 Å². The first-order valence-electron chi connectivity index (χ1n) is 12.1. The van der Waals surface area contributed by atoms with Crippen LogP contribution >= 0.6 is 11.7 Å². The van der Waals surface area contributed by atoms with Crippen molar-refractivity contribution in [3.63, 3.8) is 0 Å². The van der Waals surface area contributed by atoms with E-state index in [-0.39, 0.29) is 11.3 Å². The molecule has 36 heavy (non-hydrogen) atoms. The van der Waals surface area contributed by atoms with Gasteiger partial charge in [-0.3, -0.25) is 14.5 Å². The molecule has 1 aromatic carbocycles. The van der Waals surface area contributed by atoms with Gasteiger partial charge in [-0.25, -0.2) is 5.43 Å². The number of hydrazone groups is 1. The first-order valence-corrected chi connectivity index (χ1v) is 12.8. The normalized spacial score (nSPS) is 19.2. The quantitative estimate of drug-likeness (QED) is 0.356. The van der Waals surface area contributed by atoms with Crippen molar-refractivity contribution in [2.24, 2.45) is 11.0 Å². The van der Waals surface area contributed by atoms with Crippen LogP contribution in [0.2, 0.25) is 0 Å². The molecule has 0 aliphatic carbocycles. The number of rotatable bonds is 8. The summed E-state index contributed by atoms with van der Waals surface area (Å²) in [4.78, 5) is 27.1. The highest BCUT2D eigenvalue weighted by Gasteiger charge is 2.34. The van der Waals surface area contributed by atoms with E-state index in [2.05, 4.69) is 35.6 Å². The highest BCUT2D eigenvalue weighted by atomic mass is 32.1. The Kier molecular flexibility index (Phi) is 7.10. The van der Waals surface area contributed by atoms with Crippen LogP contribution in [0.5, 0.6) is 5.75 Å². The Hall–Kier alpha value is -3.57. The third kappa shape index (κ3) is 5.02. The molecule has 1 amide bonds. The number of carbonyl (C=O) groups is 1. The second kappa shape index (κ2) is 10.6. The van der Waals surface area contributed by atoms with Gasteiger partial charge < -0.3 is 14.6 Å². The molecule has 10 nitrogen and oxygen atoms in total. The monoisotopic (exact) mass is 507 g/mol. The van der Waals surface area contributed by atoms with Crippen molar-refractivity contribution in [3.8, 4) is 5.75 Å². The van der Waals surface area contributed by atoms with E-state index in [1.807, 2.05) is 35.8 Å². The number of piperidine rings is 1. The number of aromatic nitrogens is 3. The first kappa shape index (κ1) is 24.1. The standard InChI is InChI=1S/C25H29N7O3S/c1-3-35-21-8-7-16(11-27-28-25(34)23-24(26-2)30-36-29-23)9-19(21)15-31-12-17-10-18(14-31)20-5-4-6-22(33)32(20)13-17/h4-9,11,17-18H,3,10,12-15H2,1-2H3,(H,26,30)(H,28,34). The predicted octanol–water partition coefficient (Wildman–Crippen LogP) is 2.52. The third-order valence-corrected chi connectivity index (χ3v) is 7.18. The molecule has 3 aromatic rings. The van der Waals surface area contributed by atoms with Crippen LogP contribution in [0.25, 0.3) is 0 Å². The van der Waals surface area contributed by atoms with Gasteiger partial charge in [-0.1, -0.05) is 6.07 Å². The van der Waals surface area contributed by atoms with E-state index in [1.54, 1.807) is 19.3 Å². The largest absolute Gasteiger partial charge is 0.494 e. The summed E-state index contributed by atoms with van der Waals surface area (Å²) < 4.78 is 15.9. The van der Waals surface area contributed by atoms with E-state index in [0.29, 0.717) is 24.3 Å². The van der Waals surface area contributed by atoms with Crippen LogP contribution in [-0.2, 0) is 13.1 Å². The number of amides is 1. The van der Waals surface area contributed by atoms with Crippen LogP contribution in [0, 0.1) is 5.92 Å². The van der Waals surface area contributed by atoms with Gasteiger partial charge in [0, 0.05) is 56.5 Å². The van der Waals surface area contributed by atoms with Crippen LogP contribution in [0.3, 0.4) is 0 Å². The number of likely N-dealkylation sites (tertiary alicyclic amines) is 1. The molecule has 0 radical (unpaired) electrons. The number of hydrogen-bond acceptors (Lipinski definition) is 9. The average molecular weight is 508 g/mol. The fourth-order valence-corrected chi connectivity index (χ4v) is 5.74. The molecule has 1 saturated heterocycles. The van der Waals surface area contributed by atoms with Gasteiger partial charge in [0.1, 0.15) is 5.75 Å². The molecule has 5 rings (SSSR count). The van der Waals surface area contributed by atoms with Gasteiger partial charge in [0.25, 0.3) is 11.5 Å². The zero-order chi connectivity index (χ0) is 25.1. The zero-order valence-corrected chi connectivity index (χ0v) is 21.1. The highest BCUT2D eigenvalue weighted by Crippen LogP contribution is 2.36. The minimum atomic E-state index is -0.422. The van der Waals surface area contributed by atoms with Crippen LogP contribution < -0.4 is 21.0 Å².